The van der Waals surface area contributed by atoms with E-state index in [4.69, 9.17) is 25.8 Å². The zero-order valence-corrected chi connectivity index (χ0v) is 22.1. The lowest BCUT2D eigenvalue weighted by atomic mass is 9.83. The van der Waals surface area contributed by atoms with Crippen molar-refractivity contribution in [2.45, 2.75) is 63.6 Å². The molecule has 3 heterocycles. The van der Waals surface area contributed by atoms with Gasteiger partial charge in [0.15, 0.2) is 0 Å². The molecule has 0 aromatic carbocycles. The van der Waals surface area contributed by atoms with E-state index in [1.807, 2.05) is 6.07 Å². The van der Waals surface area contributed by atoms with Gasteiger partial charge in [-0.05, 0) is 51.5 Å². The number of rotatable bonds is 10. The summed E-state index contributed by atoms with van der Waals surface area (Å²) in [6.45, 7) is 3.91. The van der Waals surface area contributed by atoms with Crippen LogP contribution in [-0.4, -0.2) is 66.6 Å². The Labute approximate surface area is 222 Å². The minimum absolute atomic E-state index is 0.0745. The minimum Gasteiger partial charge on any atom is -0.472 e. The Balaban J connectivity index is 1.41. The Morgan fingerprint density at radius 2 is 2.03 bits per heavy atom. The van der Waals surface area contributed by atoms with Gasteiger partial charge in [0.2, 0.25) is 0 Å². The molecule has 1 aliphatic carbocycles. The molecule has 2 aliphatic rings. The number of anilines is 1. The zero-order valence-electron chi connectivity index (χ0n) is 21.4. The molecule has 0 bridgehead atoms. The molecule has 0 radical (unpaired) electrons. The summed E-state index contributed by atoms with van der Waals surface area (Å²) in [5.74, 6) is 0.610. The third-order valence-electron chi connectivity index (χ3n) is 7.08. The van der Waals surface area contributed by atoms with Crippen LogP contribution >= 0.6 is 11.6 Å². The molecule has 0 amide bonds. The van der Waals surface area contributed by atoms with Crippen molar-refractivity contribution in [3.63, 3.8) is 0 Å². The van der Waals surface area contributed by atoms with E-state index in [1.54, 1.807) is 13.3 Å². The van der Waals surface area contributed by atoms with Crippen molar-refractivity contribution >= 4 is 17.4 Å². The SMILES string of the molecule is COC[C@@H](C)NC1CCC(Nc2cc(-c3c[nH]c(=O)c(OCC4(C#N)CCOCC4)n3)c(Cl)cn2)CC1. The molecule has 2 fully saturated rings. The van der Waals surface area contributed by atoms with Crippen molar-refractivity contribution in [3.05, 3.63) is 33.8 Å². The molecule has 4 rings (SSSR count). The van der Waals surface area contributed by atoms with Crippen LogP contribution in [0.3, 0.4) is 0 Å². The van der Waals surface area contributed by atoms with Crippen LogP contribution in [0.15, 0.2) is 23.3 Å². The van der Waals surface area contributed by atoms with Gasteiger partial charge in [-0.2, -0.15) is 5.26 Å². The van der Waals surface area contributed by atoms with Gasteiger partial charge in [0, 0.05) is 56.4 Å². The quantitative estimate of drug-likeness (QED) is 0.421. The van der Waals surface area contributed by atoms with Crippen LogP contribution in [-0.2, 0) is 9.47 Å². The van der Waals surface area contributed by atoms with Crippen molar-refractivity contribution in [2.75, 3.05) is 38.9 Å². The molecule has 0 spiro atoms. The number of aromatic amines is 1. The maximum Gasteiger partial charge on any atom is 0.310 e. The standard InChI is InChI=1S/C26H35ClN6O4/c1-17(14-35-2)31-18-3-5-19(6-4-18)32-23-11-20(21(27)12-29-23)22-13-30-24(34)25(33-22)37-16-26(15-28)7-9-36-10-8-26/h11-13,17-19,31H,3-10,14,16H2,1-2H3,(H,29,32)(H,30,34)/t17-,18?,19?/m1/s1. The molecule has 1 aliphatic heterocycles. The van der Waals surface area contributed by atoms with Crippen LogP contribution in [0.1, 0.15) is 45.4 Å². The van der Waals surface area contributed by atoms with Gasteiger partial charge in [0.25, 0.3) is 5.88 Å². The molecule has 200 valence electrons. The molecule has 2 aromatic heterocycles. The number of nitriles is 1. The number of hydrogen-bond donors (Lipinski definition) is 3. The molecule has 11 heteroatoms. The molecule has 3 N–H and O–H groups in total. The van der Waals surface area contributed by atoms with E-state index in [0.717, 1.165) is 25.7 Å². The number of methoxy groups -OCH3 is 1. The van der Waals surface area contributed by atoms with E-state index in [0.29, 0.717) is 72.9 Å². The van der Waals surface area contributed by atoms with E-state index in [-0.39, 0.29) is 12.5 Å². The number of ether oxygens (including phenoxy) is 3. The van der Waals surface area contributed by atoms with E-state index in [9.17, 15) is 10.1 Å². The number of hydrogen-bond acceptors (Lipinski definition) is 9. The van der Waals surface area contributed by atoms with Crippen molar-refractivity contribution in [1.82, 2.24) is 20.3 Å². The first-order valence-corrected chi connectivity index (χ1v) is 13.2. The Bertz CT molecular complexity index is 1140. The predicted octanol–water partition coefficient (Wildman–Crippen LogP) is 3.53. The average Bonchev–Trinajstić information content (AvgIpc) is 2.91. The summed E-state index contributed by atoms with van der Waals surface area (Å²) < 4.78 is 16.3. The fourth-order valence-electron chi connectivity index (χ4n) is 4.91. The van der Waals surface area contributed by atoms with Crippen LogP contribution in [0.25, 0.3) is 11.3 Å². The van der Waals surface area contributed by atoms with Gasteiger partial charge < -0.3 is 29.8 Å². The van der Waals surface area contributed by atoms with Gasteiger partial charge in [-0.25, -0.2) is 9.97 Å². The molecule has 37 heavy (non-hydrogen) atoms. The average molecular weight is 531 g/mol. The fraction of sp³-hybridized carbons (Fsp3) is 0.615. The van der Waals surface area contributed by atoms with Crippen LogP contribution in [0.5, 0.6) is 5.88 Å². The molecule has 10 nitrogen and oxygen atoms in total. The van der Waals surface area contributed by atoms with E-state index in [1.165, 1.54) is 6.20 Å². The molecule has 1 atom stereocenters. The smallest absolute Gasteiger partial charge is 0.310 e. The third-order valence-corrected chi connectivity index (χ3v) is 7.38. The summed E-state index contributed by atoms with van der Waals surface area (Å²) in [5, 5.41) is 17.2. The zero-order chi connectivity index (χ0) is 26.3. The first-order chi connectivity index (χ1) is 17.9. The lowest BCUT2D eigenvalue weighted by molar-refractivity contribution is 0.0180. The first kappa shape index (κ1) is 27.3. The molecular weight excluding hydrogens is 496 g/mol. The molecule has 0 unspecified atom stereocenters. The van der Waals surface area contributed by atoms with Gasteiger partial charge in [0.1, 0.15) is 12.4 Å². The number of pyridine rings is 1. The molecular formula is C26H35ClN6O4. The largest absolute Gasteiger partial charge is 0.472 e. The highest BCUT2D eigenvalue weighted by Gasteiger charge is 2.34. The second kappa shape index (κ2) is 12.7. The summed E-state index contributed by atoms with van der Waals surface area (Å²) in [7, 11) is 1.72. The Morgan fingerprint density at radius 1 is 1.30 bits per heavy atom. The second-order valence-corrected chi connectivity index (χ2v) is 10.4. The van der Waals surface area contributed by atoms with Crippen molar-refractivity contribution in [3.8, 4) is 23.2 Å². The Hall–Kier alpha value is -2.71. The summed E-state index contributed by atoms with van der Waals surface area (Å²) in [6.07, 6.45) is 8.39. The summed E-state index contributed by atoms with van der Waals surface area (Å²) in [5.41, 5.74) is -0.0600. The van der Waals surface area contributed by atoms with Crippen molar-refractivity contribution in [2.24, 2.45) is 5.41 Å². The lowest BCUT2D eigenvalue weighted by Crippen LogP contribution is -2.42. The monoisotopic (exact) mass is 530 g/mol. The number of halogens is 1. The highest BCUT2D eigenvalue weighted by Crippen LogP contribution is 2.32. The number of H-pyrrole nitrogens is 1. The Kier molecular flexibility index (Phi) is 9.38. The molecule has 1 saturated carbocycles. The maximum atomic E-state index is 12.4. The van der Waals surface area contributed by atoms with E-state index < -0.39 is 11.0 Å². The van der Waals surface area contributed by atoms with Gasteiger partial charge in [-0.15, -0.1) is 0 Å². The Morgan fingerprint density at radius 3 is 2.73 bits per heavy atom. The van der Waals surface area contributed by atoms with Gasteiger partial charge >= 0.3 is 5.56 Å². The van der Waals surface area contributed by atoms with Crippen molar-refractivity contribution < 1.29 is 14.2 Å². The van der Waals surface area contributed by atoms with Crippen molar-refractivity contribution in [1.29, 1.82) is 5.26 Å². The van der Waals surface area contributed by atoms with Crippen LogP contribution in [0.2, 0.25) is 5.02 Å². The van der Waals surface area contributed by atoms with E-state index >= 15 is 0 Å². The van der Waals surface area contributed by atoms with Gasteiger partial charge in [-0.1, -0.05) is 11.6 Å². The summed E-state index contributed by atoms with van der Waals surface area (Å²) in [4.78, 5) is 24.0. The highest BCUT2D eigenvalue weighted by molar-refractivity contribution is 6.33. The molecule has 2 aromatic rings. The number of aromatic nitrogens is 3. The van der Waals surface area contributed by atoms with Crippen LogP contribution in [0, 0.1) is 16.7 Å². The molecule has 1 saturated heterocycles. The predicted molar refractivity (Wildman–Crippen MR) is 141 cm³/mol. The van der Waals surface area contributed by atoms with Gasteiger partial charge in [-0.3, -0.25) is 4.79 Å². The first-order valence-electron chi connectivity index (χ1n) is 12.8. The van der Waals surface area contributed by atoms with E-state index in [2.05, 4.69) is 38.6 Å². The number of nitrogens with one attached hydrogen (secondary N) is 3. The maximum absolute atomic E-state index is 12.4. The summed E-state index contributed by atoms with van der Waals surface area (Å²) >= 11 is 6.46. The second-order valence-electron chi connectivity index (χ2n) is 9.98. The lowest BCUT2D eigenvalue weighted by Gasteiger charge is -2.32. The van der Waals surface area contributed by atoms with Crippen LogP contribution in [0.4, 0.5) is 5.82 Å². The highest BCUT2D eigenvalue weighted by atomic mass is 35.5. The number of nitrogens with zero attached hydrogens (tertiary/aromatic N) is 3. The van der Waals surface area contributed by atoms with Gasteiger partial charge in [0.05, 0.1) is 28.8 Å². The fourth-order valence-corrected chi connectivity index (χ4v) is 5.11. The summed E-state index contributed by atoms with van der Waals surface area (Å²) in [6, 6.07) is 5.30. The third kappa shape index (κ3) is 7.20. The normalized spacial score (nSPS) is 22.1. The topological polar surface area (TPSA) is 134 Å². The minimum atomic E-state index is -0.690. The van der Waals surface area contributed by atoms with Crippen LogP contribution < -0.4 is 20.9 Å².